The Bertz CT molecular complexity index is 648. The van der Waals surface area contributed by atoms with Crippen LogP contribution in [0, 0.1) is 0 Å². The number of ether oxygens (including phenoxy) is 1. The van der Waals surface area contributed by atoms with E-state index < -0.39 is 0 Å². The number of rotatable bonds is 6. The van der Waals surface area contributed by atoms with Gasteiger partial charge in [0, 0.05) is 25.1 Å². The summed E-state index contributed by atoms with van der Waals surface area (Å²) in [6.07, 6.45) is 7.87. The van der Waals surface area contributed by atoms with E-state index in [1.54, 1.807) is 7.11 Å². The SMILES string of the molecule is COCc1nc([C@H]2CCCCN2Cc2cnoc2C2CC2)n[nH]1. The lowest BCUT2D eigenvalue weighted by Gasteiger charge is -2.33. The largest absolute Gasteiger partial charge is 0.377 e. The Morgan fingerprint density at radius 1 is 1.35 bits per heavy atom. The first-order valence-corrected chi connectivity index (χ1v) is 8.42. The van der Waals surface area contributed by atoms with Gasteiger partial charge in [0.05, 0.1) is 12.2 Å². The maximum absolute atomic E-state index is 5.48. The fraction of sp³-hybridized carbons (Fsp3) is 0.688. The minimum atomic E-state index is 0.257. The van der Waals surface area contributed by atoms with Crippen LogP contribution in [0.3, 0.4) is 0 Å². The summed E-state index contributed by atoms with van der Waals surface area (Å²) in [6, 6.07) is 0.257. The molecular weight excluding hydrogens is 294 g/mol. The number of hydrogen-bond donors (Lipinski definition) is 1. The van der Waals surface area contributed by atoms with Gasteiger partial charge in [-0.2, -0.15) is 5.10 Å². The van der Waals surface area contributed by atoms with Crippen LogP contribution in [0.4, 0.5) is 0 Å². The standard InChI is InChI=1S/C16H23N5O2/c1-22-10-14-18-16(20-19-14)13-4-2-3-7-21(13)9-12-8-17-23-15(12)11-5-6-11/h8,11,13H,2-7,9-10H2,1H3,(H,18,19,20)/t13-/m1/s1. The van der Waals surface area contributed by atoms with Crippen molar-refractivity contribution in [3.63, 3.8) is 0 Å². The average Bonchev–Trinajstić information content (AvgIpc) is 3.13. The van der Waals surface area contributed by atoms with Gasteiger partial charge in [-0.1, -0.05) is 11.6 Å². The maximum atomic E-state index is 5.48. The number of hydrogen-bond acceptors (Lipinski definition) is 6. The van der Waals surface area contributed by atoms with E-state index in [4.69, 9.17) is 9.26 Å². The molecule has 0 spiro atoms. The predicted octanol–water partition coefficient (Wildman–Crippen LogP) is 2.54. The molecule has 3 heterocycles. The Morgan fingerprint density at radius 3 is 3.09 bits per heavy atom. The maximum Gasteiger partial charge on any atom is 0.167 e. The predicted molar refractivity (Wildman–Crippen MR) is 82.6 cm³/mol. The molecule has 2 aliphatic rings. The van der Waals surface area contributed by atoms with Crippen LogP contribution in [-0.4, -0.2) is 38.9 Å². The van der Waals surface area contributed by atoms with Gasteiger partial charge in [0.15, 0.2) is 11.6 Å². The van der Waals surface area contributed by atoms with Crippen LogP contribution in [-0.2, 0) is 17.9 Å². The summed E-state index contributed by atoms with van der Waals surface area (Å²) < 4.78 is 10.6. The molecule has 1 saturated heterocycles. The van der Waals surface area contributed by atoms with Crippen molar-refractivity contribution in [2.75, 3.05) is 13.7 Å². The summed E-state index contributed by atoms with van der Waals surface area (Å²) >= 11 is 0. The second-order valence-corrected chi connectivity index (χ2v) is 6.54. The van der Waals surface area contributed by atoms with E-state index in [1.807, 2.05) is 6.20 Å². The molecule has 2 aromatic heterocycles. The number of methoxy groups -OCH3 is 1. The van der Waals surface area contributed by atoms with E-state index in [2.05, 4.69) is 25.2 Å². The number of nitrogens with one attached hydrogen (secondary N) is 1. The van der Waals surface area contributed by atoms with Crippen LogP contribution in [0.2, 0.25) is 0 Å². The molecule has 1 aliphatic carbocycles. The molecule has 7 heteroatoms. The first kappa shape index (κ1) is 14.8. The fourth-order valence-electron chi connectivity index (χ4n) is 3.42. The molecule has 4 rings (SSSR count). The van der Waals surface area contributed by atoms with Gasteiger partial charge in [-0.15, -0.1) is 0 Å². The first-order valence-electron chi connectivity index (χ1n) is 8.42. The molecule has 0 amide bonds. The van der Waals surface area contributed by atoms with Crippen LogP contribution in [0.1, 0.15) is 67.0 Å². The van der Waals surface area contributed by atoms with Crippen molar-refractivity contribution in [3.8, 4) is 0 Å². The molecule has 2 aromatic rings. The van der Waals surface area contributed by atoms with Crippen LogP contribution in [0.15, 0.2) is 10.7 Å². The summed E-state index contributed by atoms with van der Waals surface area (Å²) in [5, 5.41) is 11.4. The molecule has 0 aromatic carbocycles. The molecule has 23 heavy (non-hydrogen) atoms. The summed E-state index contributed by atoms with van der Waals surface area (Å²) in [5.74, 6) is 3.34. The van der Waals surface area contributed by atoms with Gasteiger partial charge in [0.25, 0.3) is 0 Å². The molecule has 1 aliphatic heterocycles. The molecule has 0 bridgehead atoms. The Hall–Kier alpha value is -1.73. The van der Waals surface area contributed by atoms with Gasteiger partial charge in [-0.3, -0.25) is 10.00 Å². The van der Waals surface area contributed by atoms with E-state index in [-0.39, 0.29) is 6.04 Å². The van der Waals surface area contributed by atoms with Crippen LogP contribution in [0.5, 0.6) is 0 Å². The first-order chi connectivity index (χ1) is 11.3. The Morgan fingerprint density at radius 2 is 2.26 bits per heavy atom. The third-order valence-corrected chi connectivity index (χ3v) is 4.74. The third-order valence-electron chi connectivity index (χ3n) is 4.74. The van der Waals surface area contributed by atoms with E-state index >= 15 is 0 Å². The van der Waals surface area contributed by atoms with Crippen molar-refractivity contribution >= 4 is 0 Å². The number of likely N-dealkylation sites (tertiary alicyclic amines) is 1. The summed E-state index contributed by atoms with van der Waals surface area (Å²) in [4.78, 5) is 7.06. The van der Waals surface area contributed by atoms with Crippen LogP contribution < -0.4 is 0 Å². The highest BCUT2D eigenvalue weighted by molar-refractivity contribution is 5.22. The summed E-state index contributed by atoms with van der Waals surface area (Å²) in [7, 11) is 1.67. The van der Waals surface area contributed by atoms with Gasteiger partial charge < -0.3 is 9.26 Å². The molecule has 0 radical (unpaired) electrons. The highest BCUT2D eigenvalue weighted by Crippen LogP contribution is 2.42. The average molecular weight is 317 g/mol. The Kier molecular flexibility index (Phi) is 4.13. The Labute approximate surface area is 135 Å². The molecule has 124 valence electrons. The lowest BCUT2D eigenvalue weighted by molar-refractivity contribution is 0.132. The molecule has 2 fully saturated rings. The molecule has 1 saturated carbocycles. The lowest BCUT2D eigenvalue weighted by atomic mass is 10.0. The molecule has 1 N–H and O–H groups in total. The summed E-state index contributed by atoms with van der Waals surface area (Å²) in [6.45, 7) is 2.40. The van der Waals surface area contributed by atoms with Gasteiger partial charge in [-0.25, -0.2) is 4.98 Å². The number of aromatic amines is 1. The van der Waals surface area contributed by atoms with E-state index in [0.29, 0.717) is 12.5 Å². The number of piperidine rings is 1. The lowest BCUT2D eigenvalue weighted by Crippen LogP contribution is -2.33. The van der Waals surface area contributed by atoms with Gasteiger partial charge in [0.2, 0.25) is 0 Å². The van der Waals surface area contributed by atoms with Crippen molar-refractivity contribution in [2.45, 2.75) is 57.2 Å². The quantitative estimate of drug-likeness (QED) is 0.882. The number of H-pyrrole nitrogens is 1. The topological polar surface area (TPSA) is 80.1 Å². The number of aromatic nitrogens is 4. The zero-order valence-electron chi connectivity index (χ0n) is 13.5. The van der Waals surface area contributed by atoms with Crippen molar-refractivity contribution in [3.05, 3.63) is 29.2 Å². The summed E-state index contributed by atoms with van der Waals surface area (Å²) in [5.41, 5.74) is 1.23. The van der Waals surface area contributed by atoms with Crippen LogP contribution in [0.25, 0.3) is 0 Å². The third kappa shape index (κ3) is 3.16. The van der Waals surface area contributed by atoms with Crippen molar-refractivity contribution < 1.29 is 9.26 Å². The normalized spacial score (nSPS) is 22.6. The molecule has 0 unspecified atom stereocenters. The van der Waals surface area contributed by atoms with Gasteiger partial charge in [0.1, 0.15) is 12.4 Å². The van der Waals surface area contributed by atoms with Gasteiger partial charge >= 0.3 is 0 Å². The number of nitrogens with zero attached hydrogens (tertiary/aromatic N) is 4. The van der Waals surface area contributed by atoms with Crippen molar-refractivity contribution in [1.29, 1.82) is 0 Å². The van der Waals surface area contributed by atoms with E-state index in [9.17, 15) is 0 Å². The zero-order valence-corrected chi connectivity index (χ0v) is 13.5. The van der Waals surface area contributed by atoms with Crippen molar-refractivity contribution in [1.82, 2.24) is 25.2 Å². The van der Waals surface area contributed by atoms with Gasteiger partial charge in [-0.05, 0) is 32.2 Å². The zero-order chi connectivity index (χ0) is 15.6. The fourth-order valence-corrected chi connectivity index (χ4v) is 3.42. The minimum absolute atomic E-state index is 0.257. The van der Waals surface area contributed by atoms with E-state index in [1.165, 1.54) is 31.2 Å². The smallest absolute Gasteiger partial charge is 0.167 e. The molecular formula is C16H23N5O2. The highest BCUT2D eigenvalue weighted by atomic mass is 16.5. The minimum Gasteiger partial charge on any atom is -0.377 e. The molecule has 7 nitrogen and oxygen atoms in total. The monoisotopic (exact) mass is 317 g/mol. The Balaban J connectivity index is 1.51. The highest BCUT2D eigenvalue weighted by Gasteiger charge is 2.33. The second-order valence-electron chi connectivity index (χ2n) is 6.54. The van der Waals surface area contributed by atoms with E-state index in [0.717, 1.165) is 36.9 Å². The molecule has 1 atom stereocenters. The van der Waals surface area contributed by atoms with Crippen molar-refractivity contribution in [2.24, 2.45) is 0 Å². The van der Waals surface area contributed by atoms with Crippen LogP contribution >= 0.6 is 0 Å². The second kappa shape index (κ2) is 6.41.